The maximum atomic E-state index is 13.5. The van der Waals surface area contributed by atoms with E-state index in [0.717, 1.165) is 17.0 Å². The number of aliphatic hydroxyl groups excluding tert-OH is 1. The fourth-order valence-corrected chi connectivity index (χ4v) is 3.01. The molecule has 12 heteroatoms. The number of hydrogen-bond acceptors (Lipinski definition) is 6. The number of nitrogens with zero attached hydrogens (tertiary/aromatic N) is 3. The molecule has 31 heavy (non-hydrogen) atoms. The van der Waals surface area contributed by atoms with E-state index in [1.54, 1.807) is 6.07 Å². The maximum Gasteiger partial charge on any atom is 0.437 e. The fourth-order valence-electron chi connectivity index (χ4n) is 2.79. The molecule has 0 spiro atoms. The van der Waals surface area contributed by atoms with Crippen LogP contribution in [0.25, 0.3) is 0 Å². The van der Waals surface area contributed by atoms with Crippen LogP contribution in [0, 0.1) is 11.3 Å². The SMILES string of the molecule is COc1[nH]c(CO)cc1Cn1cnc(C(F)(F)F)c(Oc2cc(Cl)cc(C#N)c2)c1=O. The molecule has 0 fully saturated rings. The number of H-pyrrole nitrogens is 1. The molecule has 0 bridgehead atoms. The zero-order valence-corrected chi connectivity index (χ0v) is 16.6. The summed E-state index contributed by atoms with van der Waals surface area (Å²) < 4.78 is 51.6. The van der Waals surface area contributed by atoms with E-state index in [9.17, 15) is 23.1 Å². The highest BCUT2D eigenvalue weighted by atomic mass is 35.5. The first-order chi connectivity index (χ1) is 14.7. The van der Waals surface area contributed by atoms with E-state index in [1.807, 2.05) is 0 Å². The van der Waals surface area contributed by atoms with Gasteiger partial charge in [0, 0.05) is 16.3 Å². The lowest BCUT2D eigenvalue weighted by molar-refractivity contribution is -0.142. The molecule has 3 aromatic rings. The number of hydrogen-bond donors (Lipinski definition) is 2. The molecule has 0 radical (unpaired) electrons. The zero-order chi connectivity index (χ0) is 22.8. The van der Waals surface area contributed by atoms with Gasteiger partial charge in [-0.05, 0) is 24.3 Å². The third kappa shape index (κ3) is 4.82. The van der Waals surface area contributed by atoms with Gasteiger partial charge in [0.15, 0.2) is 11.6 Å². The molecular formula is C19H14ClF3N4O4. The number of nitrogens with one attached hydrogen (secondary N) is 1. The highest BCUT2D eigenvalue weighted by Gasteiger charge is 2.38. The minimum Gasteiger partial charge on any atom is -0.482 e. The van der Waals surface area contributed by atoms with Crippen molar-refractivity contribution in [2.24, 2.45) is 0 Å². The van der Waals surface area contributed by atoms with Crippen LogP contribution in [0.4, 0.5) is 13.2 Å². The lowest BCUT2D eigenvalue weighted by Gasteiger charge is -2.15. The summed E-state index contributed by atoms with van der Waals surface area (Å²) in [6.07, 6.45) is -4.23. The second kappa shape index (κ2) is 8.71. The number of ether oxygens (including phenoxy) is 2. The summed E-state index contributed by atoms with van der Waals surface area (Å²) >= 11 is 5.86. The van der Waals surface area contributed by atoms with Crippen molar-refractivity contribution in [3.05, 3.63) is 68.5 Å². The van der Waals surface area contributed by atoms with Gasteiger partial charge >= 0.3 is 6.18 Å². The standard InChI is InChI=1S/C19H14ClF3N4O4/c1-30-17-11(4-13(8-28)26-17)7-27-9-25-16(19(21,22)23)15(18(27)29)31-14-3-10(6-24)2-12(20)5-14/h2-5,9,26,28H,7-8H2,1H3. The van der Waals surface area contributed by atoms with E-state index in [-0.39, 0.29) is 35.4 Å². The van der Waals surface area contributed by atoms with Crippen LogP contribution in [0.5, 0.6) is 17.4 Å². The summed E-state index contributed by atoms with van der Waals surface area (Å²) in [6.45, 7) is -0.542. The van der Waals surface area contributed by atoms with Gasteiger partial charge in [-0.2, -0.15) is 18.4 Å². The Morgan fingerprint density at radius 2 is 2.06 bits per heavy atom. The molecular weight excluding hydrogens is 441 g/mol. The van der Waals surface area contributed by atoms with E-state index in [1.165, 1.54) is 25.3 Å². The number of aliphatic hydroxyl groups is 1. The van der Waals surface area contributed by atoms with Crippen molar-refractivity contribution in [1.82, 2.24) is 14.5 Å². The highest BCUT2D eigenvalue weighted by molar-refractivity contribution is 6.30. The number of alkyl halides is 3. The van der Waals surface area contributed by atoms with Gasteiger partial charge in [-0.1, -0.05) is 11.6 Å². The van der Waals surface area contributed by atoms with Gasteiger partial charge in [-0.3, -0.25) is 9.36 Å². The molecule has 3 rings (SSSR count). The summed E-state index contributed by atoms with van der Waals surface area (Å²) in [7, 11) is 1.35. The summed E-state index contributed by atoms with van der Waals surface area (Å²) in [5.74, 6) is -1.07. The van der Waals surface area contributed by atoms with Crippen LogP contribution in [0.3, 0.4) is 0 Å². The van der Waals surface area contributed by atoms with Crippen molar-refractivity contribution in [1.29, 1.82) is 5.26 Å². The Morgan fingerprint density at radius 3 is 2.68 bits per heavy atom. The Hall–Kier alpha value is -3.49. The Morgan fingerprint density at radius 1 is 1.32 bits per heavy atom. The monoisotopic (exact) mass is 454 g/mol. The molecule has 0 amide bonds. The molecule has 0 atom stereocenters. The van der Waals surface area contributed by atoms with E-state index >= 15 is 0 Å². The van der Waals surface area contributed by atoms with Crippen LogP contribution in [-0.4, -0.2) is 26.8 Å². The molecule has 0 unspecified atom stereocenters. The predicted octanol–water partition coefficient (Wildman–Crippen LogP) is 3.46. The number of halogens is 4. The fraction of sp³-hybridized carbons (Fsp3) is 0.211. The minimum atomic E-state index is -4.97. The van der Waals surface area contributed by atoms with E-state index < -0.39 is 23.2 Å². The zero-order valence-electron chi connectivity index (χ0n) is 15.8. The summed E-state index contributed by atoms with van der Waals surface area (Å²) in [6, 6.07) is 6.90. The average molecular weight is 455 g/mol. The normalized spacial score (nSPS) is 11.3. The predicted molar refractivity (Wildman–Crippen MR) is 102 cm³/mol. The largest absolute Gasteiger partial charge is 0.482 e. The number of benzene rings is 1. The van der Waals surface area contributed by atoms with Crippen molar-refractivity contribution in [2.45, 2.75) is 19.3 Å². The quantitative estimate of drug-likeness (QED) is 0.589. The number of methoxy groups -OCH3 is 1. The van der Waals surface area contributed by atoms with Crippen LogP contribution < -0.4 is 15.0 Å². The Kier molecular flexibility index (Phi) is 6.24. The van der Waals surface area contributed by atoms with Crippen molar-refractivity contribution in [3.8, 4) is 23.4 Å². The van der Waals surface area contributed by atoms with Gasteiger partial charge in [0.25, 0.3) is 5.56 Å². The number of rotatable bonds is 6. The molecule has 0 saturated heterocycles. The Bertz CT molecular complexity index is 1210. The summed E-state index contributed by atoms with van der Waals surface area (Å²) in [5.41, 5.74) is -1.82. The molecule has 0 saturated carbocycles. The summed E-state index contributed by atoms with van der Waals surface area (Å²) in [4.78, 5) is 19.0. The molecule has 0 aliphatic rings. The van der Waals surface area contributed by atoms with Crippen LogP contribution in [0.1, 0.15) is 22.5 Å². The van der Waals surface area contributed by atoms with Crippen molar-refractivity contribution < 1.29 is 27.8 Å². The maximum absolute atomic E-state index is 13.5. The van der Waals surface area contributed by atoms with Crippen molar-refractivity contribution in [3.63, 3.8) is 0 Å². The third-order valence-electron chi connectivity index (χ3n) is 4.11. The number of nitriles is 1. The smallest absolute Gasteiger partial charge is 0.437 e. The van der Waals surface area contributed by atoms with Gasteiger partial charge < -0.3 is 19.6 Å². The van der Waals surface area contributed by atoms with E-state index in [4.69, 9.17) is 26.3 Å². The molecule has 0 aliphatic heterocycles. The minimum absolute atomic E-state index is 0.0360. The molecule has 162 valence electrons. The first kappa shape index (κ1) is 22.2. The van der Waals surface area contributed by atoms with E-state index in [2.05, 4.69) is 9.97 Å². The lowest BCUT2D eigenvalue weighted by atomic mass is 10.2. The topological polar surface area (TPSA) is 113 Å². The summed E-state index contributed by atoms with van der Waals surface area (Å²) in [5, 5.41) is 18.3. The Balaban J connectivity index is 2.09. The lowest BCUT2D eigenvalue weighted by Crippen LogP contribution is -2.26. The first-order valence-electron chi connectivity index (χ1n) is 8.57. The van der Waals surface area contributed by atoms with Gasteiger partial charge in [-0.15, -0.1) is 0 Å². The third-order valence-corrected chi connectivity index (χ3v) is 4.33. The first-order valence-corrected chi connectivity index (χ1v) is 8.94. The van der Waals surface area contributed by atoms with Gasteiger partial charge in [0.1, 0.15) is 5.75 Å². The molecule has 0 aliphatic carbocycles. The van der Waals surface area contributed by atoms with Crippen molar-refractivity contribution in [2.75, 3.05) is 7.11 Å². The second-order valence-corrected chi connectivity index (χ2v) is 6.69. The van der Waals surface area contributed by atoms with Gasteiger partial charge in [0.05, 0.1) is 38.2 Å². The Labute approximate surface area is 178 Å². The second-order valence-electron chi connectivity index (χ2n) is 6.25. The molecule has 8 nitrogen and oxygen atoms in total. The van der Waals surface area contributed by atoms with Crippen LogP contribution in [-0.2, 0) is 19.3 Å². The molecule has 2 N–H and O–H groups in total. The highest BCUT2D eigenvalue weighted by Crippen LogP contribution is 2.35. The van der Waals surface area contributed by atoms with Crippen LogP contribution in [0.15, 0.2) is 35.4 Å². The molecule has 2 aromatic heterocycles. The van der Waals surface area contributed by atoms with E-state index in [0.29, 0.717) is 11.3 Å². The molecule has 2 heterocycles. The van der Waals surface area contributed by atoms with Crippen LogP contribution in [0.2, 0.25) is 5.02 Å². The molecule has 1 aromatic carbocycles. The van der Waals surface area contributed by atoms with Gasteiger partial charge in [-0.25, -0.2) is 4.98 Å². The van der Waals surface area contributed by atoms with Gasteiger partial charge in [0.2, 0.25) is 5.75 Å². The average Bonchev–Trinajstić information content (AvgIpc) is 3.11. The van der Waals surface area contributed by atoms with Crippen molar-refractivity contribution >= 4 is 11.6 Å². The number of aromatic nitrogens is 3. The van der Waals surface area contributed by atoms with Crippen LogP contribution >= 0.6 is 11.6 Å². The number of aromatic amines is 1.